The SMILES string of the molecule is COc1cc(CN2CCCC2C(C)C)ccc1CN. The van der Waals surface area contributed by atoms with Gasteiger partial charge in [0.2, 0.25) is 0 Å². The predicted octanol–water partition coefficient (Wildman–Crippen LogP) is 2.77. The van der Waals surface area contributed by atoms with E-state index in [1.54, 1.807) is 7.11 Å². The van der Waals surface area contributed by atoms with Crippen LogP contribution in [0.1, 0.15) is 37.8 Å². The van der Waals surface area contributed by atoms with Gasteiger partial charge in [-0.15, -0.1) is 0 Å². The molecule has 1 heterocycles. The fourth-order valence-electron chi connectivity index (χ4n) is 3.09. The quantitative estimate of drug-likeness (QED) is 0.887. The molecule has 19 heavy (non-hydrogen) atoms. The summed E-state index contributed by atoms with van der Waals surface area (Å²) in [5.41, 5.74) is 8.11. The normalized spacial score (nSPS) is 20.2. The molecule has 106 valence electrons. The number of likely N-dealkylation sites (tertiary alicyclic amines) is 1. The van der Waals surface area contributed by atoms with E-state index in [-0.39, 0.29) is 0 Å². The van der Waals surface area contributed by atoms with E-state index in [4.69, 9.17) is 10.5 Å². The first-order valence-electron chi connectivity index (χ1n) is 7.25. The molecule has 0 bridgehead atoms. The topological polar surface area (TPSA) is 38.5 Å². The summed E-state index contributed by atoms with van der Waals surface area (Å²) in [7, 11) is 1.71. The third-order valence-corrected chi connectivity index (χ3v) is 4.14. The first-order valence-corrected chi connectivity index (χ1v) is 7.25. The van der Waals surface area contributed by atoms with Crippen molar-refractivity contribution in [2.75, 3.05) is 13.7 Å². The maximum absolute atomic E-state index is 5.71. The van der Waals surface area contributed by atoms with E-state index < -0.39 is 0 Å². The molecule has 2 N–H and O–H groups in total. The maximum atomic E-state index is 5.71. The largest absolute Gasteiger partial charge is 0.496 e. The van der Waals surface area contributed by atoms with Crippen LogP contribution in [-0.2, 0) is 13.1 Å². The maximum Gasteiger partial charge on any atom is 0.123 e. The summed E-state index contributed by atoms with van der Waals surface area (Å²) >= 11 is 0. The van der Waals surface area contributed by atoms with Gasteiger partial charge in [-0.1, -0.05) is 26.0 Å². The lowest BCUT2D eigenvalue weighted by Gasteiger charge is -2.27. The summed E-state index contributed by atoms with van der Waals surface area (Å²) in [5, 5.41) is 0. The molecule has 0 radical (unpaired) electrons. The lowest BCUT2D eigenvalue weighted by atomic mass is 10.0. The number of nitrogens with zero attached hydrogens (tertiary/aromatic N) is 1. The van der Waals surface area contributed by atoms with Gasteiger partial charge in [0.1, 0.15) is 5.75 Å². The number of benzene rings is 1. The van der Waals surface area contributed by atoms with Gasteiger partial charge in [-0.05, 0) is 36.9 Å². The molecule has 0 spiro atoms. The number of hydrogen-bond donors (Lipinski definition) is 1. The smallest absolute Gasteiger partial charge is 0.123 e. The second kappa shape index (κ2) is 6.40. The highest BCUT2D eigenvalue weighted by Crippen LogP contribution is 2.27. The van der Waals surface area contributed by atoms with Gasteiger partial charge >= 0.3 is 0 Å². The van der Waals surface area contributed by atoms with Crippen LogP contribution >= 0.6 is 0 Å². The van der Waals surface area contributed by atoms with Crippen molar-refractivity contribution in [1.82, 2.24) is 4.90 Å². The van der Waals surface area contributed by atoms with Gasteiger partial charge in [-0.25, -0.2) is 0 Å². The zero-order valence-electron chi connectivity index (χ0n) is 12.4. The van der Waals surface area contributed by atoms with Crippen LogP contribution in [0, 0.1) is 5.92 Å². The van der Waals surface area contributed by atoms with E-state index >= 15 is 0 Å². The first kappa shape index (κ1) is 14.4. The zero-order chi connectivity index (χ0) is 13.8. The standard InChI is InChI=1S/C16H26N2O/c1-12(2)15-5-4-8-18(15)11-13-6-7-14(10-17)16(9-13)19-3/h6-7,9,12,15H,4-5,8,10-11,17H2,1-3H3. The van der Waals surface area contributed by atoms with Crippen molar-refractivity contribution in [2.45, 2.75) is 45.8 Å². The van der Waals surface area contributed by atoms with Crippen molar-refractivity contribution in [3.63, 3.8) is 0 Å². The van der Waals surface area contributed by atoms with Crippen molar-refractivity contribution in [3.05, 3.63) is 29.3 Å². The molecule has 2 rings (SSSR count). The van der Waals surface area contributed by atoms with Gasteiger partial charge in [-0.2, -0.15) is 0 Å². The van der Waals surface area contributed by atoms with Gasteiger partial charge in [0.25, 0.3) is 0 Å². The van der Waals surface area contributed by atoms with Crippen molar-refractivity contribution < 1.29 is 4.74 Å². The Bertz CT molecular complexity index is 417. The third-order valence-electron chi connectivity index (χ3n) is 4.14. The fourth-order valence-corrected chi connectivity index (χ4v) is 3.09. The van der Waals surface area contributed by atoms with Gasteiger partial charge in [0.15, 0.2) is 0 Å². The van der Waals surface area contributed by atoms with Gasteiger partial charge in [0, 0.05) is 24.7 Å². The molecule has 0 saturated carbocycles. The van der Waals surface area contributed by atoms with E-state index in [0.29, 0.717) is 6.54 Å². The minimum Gasteiger partial charge on any atom is -0.496 e. The fraction of sp³-hybridized carbons (Fsp3) is 0.625. The van der Waals surface area contributed by atoms with Crippen LogP contribution < -0.4 is 10.5 Å². The second-order valence-electron chi connectivity index (χ2n) is 5.77. The molecule has 1 saturated heterocycles. The minimum atomic E-state index is 0.530. The Labute approximate surface area is 116 Å². The summed E-state index contributed by atoms with van der Waals surface area (Å²) in [6.07, 6.45) is 2.65. The van der Waals surface area contributed by atoms with E-state index in [0.717, 1.165) is 29.8 Å². The summed E-state index contributed by atoms with van der Waals surface area (Å²) in [6, 6.07) is 7.13. The Morgan fingerprint density at radius 1 is 1.42 bits per heavy atom. The highest BCUT2D eigenvalue weighted by Gasteiger charge is 2.26. The number of methoxy groups -OCH3 is 1. The molecular formula is C16H26N2O. The van der Waals surface area contributed by atoms with Crippen LogP contribution in [0.4, 0.5) is 0 Å². The van der Waals surface area contributed by atoms with Crippen LogP contribution in [-0.4, -0.2) is 24.6 Å². The molecule has 1 unspecified atom stereocenters. The Morgan fingerprint density at radius 3 is 2.84 bits per heavy atom. The predicted molar refractivity (Wildman–Crippen MR) is 79.2 cm³/mol. The Kier molecular flexibility index (Phi) is 4.83. The van der Waals surface area contributed by atoms with Crippen LogP contribution in [0.2, 0.25) is 0 Å². The molecule has 3 heteroatoms. The average molecular weight is 262 g/mol. The average Bonchev–Trinajstić information content (AvgIpc) is 2.87. The summed E-state index contributed by atoms with van der Waals surface area (Å²) in [5.74, 6) is 1.65. The van der Waals surface area contributed by atoms with E-state index in [1.807, 2.05) is 0 Å². The Hall–Kier alpha value is -1.06. The molecule has 1 aromatic carbocycles. The van der Waals surface area contributed by atoms with E-state index in [9.17, 15) is 0 Å². The molecule has 1 aliphatic rings. The third kappa shape index (κ3) is 3.28. The Balaban J connectivity index is 2.10. The minimum absolute atomic E-state index is 0.530. The molecule has 0 aromatic heterocycles. The van der Waals surface area contributed by atoms with Crippen LogP contribution in [0.5, 0.6) is 5.75 Å². The highest BCUT2D eigenvalue weighted by molar-refractivity contribution is 5.37. The van der Waals surface area contributed by atoms with E-state index in [2.05, 4.69) is 36.9 Å². The molecule has 1 aromatic rings. The van der Waals surface area contributed by atoms with Gasteiger partial charge in [-0.3, -0.25) is 4.90 Å². The van der Waals surface area contributed by atoms with Gasteiger partial charge < -0.3 is 10.5 Å². The molecule has 0 amide bonds. The Morgan fingerprint density at radius 2 is 2.21 bits per heavy atom. The van der Waals surface area contributed by atoms with Crippen molar-refractivity contribution in [2.24, 2.45) is 11.7 Å². The number of nitrogens with two attached hydrogens (primary N) is 1. The molecule has 3 nitrogen and oxygen atoms in total. The van der Waals surface area contributed by atoms with Gasteiger partial charge in [0.05, 0.1) is 7.11 Å². The van der Waals surface area contributed by atoms with Crippen molar-refractivity contribution in [1.29, 1.82) is 0 Å². The molecule has 1 atom stereocenters. The second-order valence-corrected chi connectivity index (χ2v) is 5.77. The molecule has 1 aliphatic heterocycles. The van der Waals surface area contributed by atoms with Crippen molar-refractivity contribution >= 4 is 0 Å². The summed E-state index contributed by atoms with van der Waals surface area (Å²) in [6.45, 7) is 7.40. The summed E-state index contributed by atoms with van der Waals surface area (Å²) in [4.78, 5) is 2.60. The van der Waals surface area contributed by atoms with E-state index in [1.165, 1.54) is 24.9 Å². The summed E-state index contributed by atoms with van der Waals surface area (Å²) < 4.78 is 5.42. The van der Waals surface area contributed by atoms with Crippen molar-refractivity contribution in [3.8, 4) is 5.75 Å². The molecule has 1 fully saturated rings. The number of ether oxygens (including phenoxy) is 1. The monoisotopic (exact) mass is 262 g/mol. The molecular weight excluding hydrogens is 236 g/mol. The van der Waals surface area contributed by atoms with Crippen LogP contribution in [0.25, 0.3) is 0 Å². The lowest BCUT2D eigenvalue weighted by molar-refractivity contribution is 0.198. The lowest BCUT2D eigenvalue weighted by Crippen LogP contribution is -2.32. The molecule has 0 aliphatic carbocycles. The zero-order valence-corrected chi connectivity index (χ0v) is 12.4. The number of hydrogen-bond acceptors (Lipinski definition) is 3. The first-order chi connectivity index (χ1) is 9.15. The van der Waals surface area contributed by atoms with Crippen LogP contribution in [0.15, 0.2) is 18.2 Å². The van der Waals surface area contributed by atoms with Crippen LogP contribution in [0.3, 0.4) is 0 Å². The highest BCUT2D eigenvalue weighted by atomic mass is 16.5. The number of rotatable bonds is 5.